The molecule has 0 aliphatic rings. The summed E-state index contributed by atoms with van der Waals surface area (Å²) in [7, 11) is 0. The molecule has 0 bridgehead atoms. The highest BCUT2D eigenvalue weighted by Gasteiger charge is 2.09. The predicted molar refractivity (Wildman–Crippen MR) is 68.9 cm³/mol. The molecule has 1 heterocycles. The Labute approximate surface area is 105 Å². The Hall–Kier alpha value is -1.85. The van der Waals surface area contributed by atoms with Gasteiger partial charge in [0.05, 0.1) is 5.56 Å². The number of benzene rings is 1. The van der Waals surface area contributed by atoms with E-state index >= 15 is 0 Å². The highest BCUT2D eigenvalue weighted by molar-refractivity contribution is 6.31. The van der Waals surface area contributed by atoms with Crippen molar-refractivity contribution in [2.75, 3.05) is 0 Å². The van der Waals surface area contributed by atoms with Crippen molar-refractivity contribution >= 4 is 11.6 Å². The van der Waals surface area contributed by atoms with Gasteiger partial charge < -0.3 is 0 Å². The first kappa shape index (κ1) is 11.6. The van der Waals surface area contributed by atoms with Crippen LogP contribution in [0, 0.1) is 25.2 Å². The summed E-state index contributed by atoms with van der Waals surface area (Å²) in [5, 5.41) is 9.38. The predicted octanol–water partition coefficient (Wildman–Crippen LogP) is 3.89. The first-order chi connectivity index (χ1) is 8.11. The van der Waals surface area contributed by atoms with Crippen molar-refractivity contribution in [1.29, 1.82) is 5.26 Å². The Morgan fingerprint density at radius 3 is 2.41 bits per heavy atom. The van der Waals surface area contributed by atoms with Gasteiger partial charge in [-0.1, -0.05) is 40.9 Å². The Kier molecular flexibility index (Phi) is 3.12. The van der Waals surface area contributed by atoms with E-state index in [4.69, 9.17) is 16.9 Å². The largest absolute Gasteiger partial charge is 0.243 e. The lowest BCUT2D eigenvalue weighted by Gasteiger charge is -2.07. The van der Waals surface area contributed by atoms with Crippen molar-refractivity contribution in [2.45, 2.75) is 13.8 Å². The fraction of sp³-hybridized carbons (Fsp3) is 0.143. The molecule has 3 heteroatoms. The maximum absolute atomic E-state index is 9.12. The maximum Gasteiger partial charge on any atom is 0.147 e. The highest BCUT2D eigenvalue weighted by atomic mass is 35.5. The van der Waals surface area contributed by atoms with Crippen LogP contribution in [0.5, 0.6) is 0 Å². The van der Waals surface area contributed by atoms with Crippen molar-refractivity contribution in [3.63, 3.8) is 0 Å². The van der Waals surface area contributed by atoms with Crippen molar-refractivity contribution < 1.29 is 0 Å². The molecule has 0 radical (unpaired) electrons. The van der Waals surface area contributed by atoms with E-state index in [1.54, 1.807) is 6.20 Å². The molecule has 0 fully saturated rings. The summed E-state index contributed by atoms with van der Waals surface area (Å²) >= 11 is 5.93. The third kappa shape index (κ3) is 2.30. The molecule has 2 aromatic rings. The molecule has 0 saturated carbocycles. The van der Waals surface area contributed by atoms with Gasteiger partial charge in [0.25, 0.3) is 0 Å². The molecule has 0 N–H and O–H groups in total. The van der Waals surface area contributed by atoms with Crippen LogP contribution in [0.1, 0.15) is 16.7 Å². The Morgan fingerprint density at radius 1 is 1.18 bits per heavy atom. The zero-order valence-corrected chi connectivity index (χ0v) is 10.4. The minimum absolute atomic E-state index is 0.254. The second-order valence-corrected chi connectivity index (χ2v) is 4.37. The quantitative estimate of drug-likeness (QED) is 0.712. The third-order valence-corrected chi connectivity index (χ3v) is 2.84. The monoisotopic (exact) mass is 242 g/mol. The molecule has 2 nitrogen and oxygen atoms in total. The molecule has 84 valence electrons. The van der Waals surface area contributed by atoms with E-state index in [0.29, 0.717) is 5.56 Å². The molecular weight excluding hydrogens is 232 g/mol. The number of nitriles is 1. The number of pyridine rings is 1. The molecule has 2 rings (SSSR count). The van der Waals surface area contributed by atoms with E-state index in [1.165, 1.54) is 0 Å². The van der Waals surface area contributed by atoms with E-state index < -0.39 is 0 Å². The van der Waals surface area contributed by atoms with Gasteiger partial charge in [0, 0.05) is 11.8 Å². The fourth-order valence-corrected chi connectivity index (χ4v) is 2.11. The van der Waals surface area contributed by atoms with Gasteiger partial charge in [-0.15, -0.1) is 0 Å². The molecule has 0 atom stereocenters. The molecule has 1 aromatic heterocycles. The third-order valence-electron chi connectivity index (χ3n) is 2.55. The summed E-state index contributed by atoms with van der Waals surface area (Å²) in [6.45, 7) is 4.07. The first-order valence-corrected chi connectivity index (χ1v) is 5.63. The molecular formula is C14H11ClN2. The normalized spacial score (nSPS) is 10.0. The summed E-state index contributed by atoms with van der Waals surface area (Å²) in [5.74, 6) is 0. The van der Waals surface area contributed by atoms with Crippen LogP contribution >= 0.6 is 11.6 Å². The minimum atomic E-state index is 0.254. The fourth-order valence-electron chi connectivity index (χ4n) is 1.91. The van der Waals surface area contributed by atoms with Gasteiger partial charge in [0.1, 0.15) is 11.2 Å². The second-order valence-electron chi connectivity index (χ2n) is 4.01. The average molecular weight is 243 g/mol. The van der Waals surface area contributed by atoms with Crippen LogP contribution in [0.15, 0.2) is 30.5 Å². The zero-order chi connectivity index (χ0) is 12.4. The van der Waals surface area contributed by atoms with Crippen molar-refractivity contribution in [1.82, 2.24) is 4.98 Å². The molecule has 0 aliphatic carbocycles. The number of rotatable bonds is 1. The van der Waals surface area contributed by atoms with Crippen molar-refractivity contribution in [3.8, 4) is 17.2 Å². The van der Waals surface area contributed by atoms with Crippen LogP contribution in [0.2, 0.25) is 5.15 Å². The van der Waals surface area contributed by atoms with Gasteiger partial charge in [-0.25, -0.2) is 4.98 Å². The van der Waals surface area contributed by atoms with Crippen LogP contribution in [0.4, 0.5) is 0 Å². The summed E-state index contributed by atoms with van der Waals surface area (Å²) in [6, 6.07) is 10.1. The topological polar surface area (TPSA) is 36.7 Å². The molecule has 0 unspecified atom stereocenters. The molecule has 17 heavy (non-hydrogen) atoms. The van der Waals surface area contributed by atoms with Gasteiger partial charge in [0.15, 0.2) is 0 Å². The summed E-state index contributed by atoms with van der Waals surface area (Å²) in [4.78, 5) is 3.92. The number of nitrogens with zero attached hydrogens (tertiary/aromatic N) is 2. The molecule has 0 amide bonds. The van der Waals surface area contributed by atoms with Crippen LogP contribution in [-0.2, 0) is 0 Å². The van der Waals surface area contributed by atoms with Gasteiger partial charge in [0.2, 0.25) is 0 Å². The summed E-state index contributed by atoms with van der Waals surface area (Å²) < 4.78 is 0. The van der Waals surface area contributed by atoms with Gasteiger partial charge >= 0.3 is 0 Å². The van der Waals surface area contributed by atoms with E-state index in [0.717, 1.165) is 22.3 Å². The SMILES string of the molecule is Cc1cc(C)cc(-c2ccnc(Cl)c2C#N)c1. The number of aromatic nitrogens is 1. The second kappa shape index (κ2) is 4.57. The Morgan fingerprint density at radius 2 is 1.82 bits per heavy atom. The van der Waals surface area contributed by atoms with E-state index in [2.05, 4.69) is 17.1 Å². The number of hydrogen-bond donors (Lipinski definition) is 0. The van der Waals surface area contributed by atoms with Gasteiger partial charge in [-0.3, -0.25) is 0 Å². The number of halogens is 1. The minimum Gasteiger partial charge on any atom is -0.243 e. The molecule has 1 aromatic carbocycles. The van der Waals surface area contributed by atoms with E-state index in [1.807, 2.05) is 32.0 Å². The van der Waals surface area contributed by atoms with Crippen LogP contribution in [0.3, 0.4) is 0 Å². The molecule has 0 saturated heterocycles. The average Bonchev–Trinajstić information content (AvgIpc) is 2.27. The van der Waals surface area contributed by atoms with Crippen molar-refractivity contribution in [2.24, 2.45) is 0 Å². The number of hydrogen-bond acceptors (Lipinski definition) is 2. The van der Waals surface area contributed by atoms with E-state index in [9.17, 15) is 0 Å². The lowest BCUT2D eigenvalue weighted by Crippen LogP contribution is -1.90. The lowest BCUT2D eigenvalue weighted by atomic mass is 9.98. The smallest absolute Gasteiger partial charge is 0.147 e. The van der Waals surface area contributed by atoms with Crippen LogP contribution in [0.25, 0.3) is 11.1 Å². The van der Waals surface area contributed by atoms with Gasteiger partial charge in [-0.05, 0) is 25.5 Å². The summed E-state index contributed by atoms with van der Waals surface area (Å²) in [6.07, 6.45) is 1.62. The number of aryl methyl sites for hydroxylation is 2. The highest BCUT2D eigenvalue weighted by Crippen LogP contribution is 2.28. The van der Waals surface area contributed by atoms with Crippen LogP contribution < -0.4 is 0 Å². The lowest BCUT2D eigenvalue weighted by molar-refractivity contribution is 1.29. The Bertz CT molecular complexity index is 592. The first-order valence-electron chi connectivity index (χ1n) is 5.25. The van der Waals surface area contributed by atoms with E-state index in [-0.39, 0.29) is 5.15 Å². The standard InChI is InChI=1S/C14H11ClN2/c1-9-5-10(2)7-11(6-9)12-3-4-17-14(15)13(12)8-16/h3-7H,1-2H3. The van der Waals surface area contributed by atoms with Crippen LogP contribution in [-0.4, -0.2) is 4.98 Å². The van der Waals surface area contributed by atoms with Crippen molar-refractivity contribution in [3.05, 3.63) is 52.3 Å². The molecule has 0 aliphatic heterocycles. The molecule has 0 spiro atoms. The summed E-state index contributed by atoms with van der Waals surface area (Å²) in [5.41, 5.74) is 4.59. The zero-order valence-electron chi connectivity index (χ0n) is 9.66. The van der Waals surface area contributed by atoms with Gasteiger partial charge in [-0.2, -0.15) is 5.26 Å². The Balaban J connectivity index is 2.69. The maximum atomic E-state index is 9.12.